The normalized spacial score (nSPS) is 15.9. The number of amides is 1. The summed E-state index contributed by atoms with van der Waals surface area (Å²) in [5.74, 6) is 0.214. The molecule has 126 valence electrons. The number of benzene rings is 2. The Hall–Kier alpha value is -2.54. The fraction of sp³-hybridized carbons (Fsp3) is 0.235. The molecular formula is C17H18N2O4S. The van der Waals surface area contributed by atoms with E-state index in [4.69, 9.17) is 4.74 Å². The molecule has 0 bridgehead atoms. The molecule has 1 aliphatic heterocycles. The predicted molar refractivity (Wildman–Crippen MR) is 91.8 cm³/mol. The van der Waals surface area contributed by atoms with E-state index in [1.807, 2.05) is 6.92 Å². The Labute approximate surface area is 140 Å². The molecule has 0 aromatic heterocycles. The number of nitrogens with one attached hydrogen (secondary N) is 2. The summed E-state index contributed by atoms with van der Waals surface area (Å²) >= 11 is 0. The van der Waals surface area contributed by atoms with Crippen molar-refractivity contribution in [2.45, 2.75) is 31.3 Å². The SMILES string of the molecule is Cc1ccc(S(=O)(=O)Nc2ccc3c(c2)NC(=O)C(C)(C)O3)cc1. The van der Waals surface area contributed by atoms with Gasteiger partial charge in [-0.25, -0.2) is 8.42 Å². The molecule has 0 saturated heterocycles. The van der Waals surface area contributed by atoms with Gasteiger partial charge in [-0.1, -0.05) is 17.7 Å². The van der Waals surface area contributed by atoms with Crippen LogP contribution in [0.4, 0.5) is 11.4 Å². The maximum absolute atomic E-state index is 12.4. The van der Waals surface area contributed by atoms with Gasteiger partial charge >= 0.3 is 0 Å². The predicted octanol–water partition coefficient (Wildman–Crippen LogP) is 2.91. The van der Waals surface area contributed by atoms with Crippen LogP contribution in [0, 0.1) is 6.92 Å². The van der Waals surface area contributed by atoms with Crippen LogP contribution in [-0.4, -0.2) is 19.9 Å². The number of anilines is 2. The highest BCUT2D eigenvalue weighted by Crippen LogP contribution is 2.35. The van der Waals surface area contributed by atoms with E-state index < -0.39 is 15.6 Å². The van der Waals surface area contributed by atoms with Crippen LogP contribution >= 0.6 is 0 Å². The number of rotatable bonds is 3. The first-order valence-electron chi connectivity index (χ1n) is 7.41. The first kappa shape index (κ1) is 16.3. The topological polar surface area (TPSA) is 84.5 Å². The standard InChI is InChI=1S/C17H18N2O4S/c1-11-4-7-13(8-5-11)24(21,22)19-12-6-9-15-14(10-12)18-16(20)17(2,3)23-15/h4-10,19H,1-3H3,(H,18,20). The zero-order valence-corrected chi connectivity index (χ0v) is 14.4. The van der Waals surface area contributed by atoms with Gasteiger partial charge in [0.25, 0.3) is 15.9 Å². The van der Waals surface area contributed by atoms with E-state index in [9.17, 15) is 13.2 Å². The van der Waals surface area contributed by atoms with Crippen LogP contribution in [-0.2, 0) is 14.8 Å². The monoisotopic (exact) mass is 346 g/mol. The van der Waals surface area contributed by atoms with Crippen molar-refractivity contribution >= 4 is 27.3 Å². The van der Waals surface area contributed by atoms with Gasteiger partial charge in [-0.2, -0.15) is 0 Å². The van der Waals surface area contributed by atoms with Gasteiger partial charge in [0.05, 0.1) is 16.3 Å². The second-order valence-electron chi connectivity index (χ2n) is 6.20. The second-order valence-corrected chi connectivity index (χ2v) is 7.88. The van der Waals surface area contributed by atoms with E-state index in [1.165, 1.54) is 6.07 Å². The molecule has 6 nitrogen and oxygen atoms in total. The Kier molecular flexibility index (Phi) is 3.76. The quantitative estimate of drug-likeness (QED) is 0.895. The van der Waals surface area contributed by atoms with Crippen molar-refractivity contribution in [2.24, 2.45) is 0 Å². The number of hydrogen-bond acceptors (Lipinski definition) is 4. The molecular weight excluding hydrogens is 328 g/mol. The Morgan fingerprint density at radius 3 is 2.42 bits per heavy atom. The van der Waals surface area contributed by atoms with Crippen molar-refractivity contribution in [1.29, 1.82) is 0 Å². The molecule has 1 heterocycles. The van der Waals surface area contributed by atoms with Gasteiger partial charge in [0.2, 0.25) is 0 Å². The highest BCUT2D eigenvalue weighted by molar-refractivity contribution is 7.92. The van der Waals surface area contributed by atoms with Crippen molar-refractivity contribution < 1.29 is 17.9 Å². The van der Waals surface area contributed by atoms with Gasteiger partial charge < -0.3 is 10.1 Å². The minimum absolute atomic E-state index is 0.173. The molecule has 3 rings (SSSR count). The second kappa shape index (κ2) is 5.52. The number of hydrogen-bond donors (Lipinski definition) is 2. The number of aryl methyl sites for hydroxylation is 1. The van der Waals surface area contributed by atoms with Crippen LogP contribution in [0.2, 0.25) is 0 Å². The molecule has 0 fully saturated rings. The Morgan fingerprint density at radius 2 is 1.75 bits per heavy atom. The van der Waals surface area contributed by atoms with E-state index in [0.717, 1.165) is 5.56 Å². The molecule has 2 N–H and O–H groups in total. The van der Waals surface area contributed by atoms with Crippen molar-refractivity contribution in [3.8, 4) is 5.75 Å². The summed E-state index contributed by atoms with van der Waals surface area (Å²) in [4.78, 5) is 12.1. The zero-order valence-electron chi connectivity index (χ0n) is 13.6. The summed E-state index contributed by atoms with van der Waals surface area (Å²) in [5.41, 5.74) is 0.794. The van der Waals surface area contributed by atoms with Gasteiger partial charge in [-0.05, 0) is 51.1 Å². The van der Waals surface area contributed by atoms with Crippen molar-refractivity contribution in [3.05, 3.63) is 48.0 Å². The lowest BCUT2D eigenvalue weighted by Crippen LogP contribution is -2.45. The van der Waals surface area contributed by atoms with Gasteiger partial charge in [-0.3, -0.25) is 9.52 Å². The summed E-state index contributed by atoms with van der Waals surface area (Å²) < 4.78 is 33.0. The average molecular weight is 346 g/mol. The highest BCUT2D eigenvalue weighted by atomic mass is 32.2. The highest BCUT2D eigenvalue weighted by Gasteiger charge is 2.35. The maximum atomic E-state index is 12.4. The molecule has 0 atom stereocenters. The number of sulfonamides is 1. The third-order valence-electron chi connectivity index (χ3n) is 3.72. The first-order valence-corrected chi connectivity index (χ1v) is 8.90. The van der Waals surface area contributed by atoms with Gasteiger partial charge in [-0.15, -0.1) is 0 Å². The van der Waals surface area contributed by atoms with E-state index >= 15 is 0 Å². The number of ether oxygens (including phenoxy) is 1. The lowest BCUT2D eigenvalue weighted by Gasteiger charge is -2.31. The Morgan fingerprint density at radius 1 is 1.08 bits per heavy atom. The zero-order chi connectivity index (χ0) is 17.5. The smallest absolute Gasteiger partial charge is 0.268 e. The van der Waals surface area contributed by atoms with Crippen LogP contribution in [0.25, 0.3) is 0 Å². The summed E-state index contributed by atoms with van der Waals surface area (Å²) in [5, 5.41) is 2.72. The molecule has 2 aromatic carbocycles. The molecule has 1 aliphatic rings. The third-order valence-corrected chi connectivity index (χ3v) is 5.12. The lowest BCUT2D eigenvalue weighted by molar-refractivity contribution is -0.129. The number of carbonyl (C=O) groups excluding carboxylic acids is 1. The first-order chi connectivity index (χ1) is 11.2. The van der Waals surface area contributed by atoms with E-state index in [1.54, 1.807) is 50.2 Å². The largest absolute Gasteiger partial charge is 0.476 e. The molecule has 0 saturated carbocycles. The summed E-state index contributed by atoms with van der Waals surface area (Å²) in [6.45, 7) is 5.22. The average Bonchev–Trinajstić information content (AvgIpc) is 2.49. The molecule has 0 spiro atoms. The summed E-state index contributed by atoms with van der Waals surface area (Å²) in [6, 6.07) is 11.3. The molecule has 0 unspecified atom stereocenters. The van der Waals surface area contributed by atoms with Crippen molar-refractivity contribution in [1.82, 2.24) is 0 Å². The minimum Gasteiger partial charge on any atom is -0.476 e. The number of carbonyl (C=O) groups is 1. The fourth-order valence-electron chi connectivity index (χ4n) is 2.31. The Balaban J connectivity index is 1.88. The van der Waals surface area contributed by atoms with Crippen molar-refractivity contribution in [3.63, 3.8) is 0 Å². The van der Waals surface area contributed by atoms with Crippen LogP contribution < -0.4 is 14.8 Å². The van der Waals surface area contributed by atoms with Crippen LogP contribution in [0.3, 0.4) is 0 Å². The molecule has 0 radical (unpaired) electrons. The van der Waals surface area contributed by atoms with E-state index in [-0.39, 0.29) is 10.8 Å². The van der Waals surface area contributed by atoms with Crippen LogP contribution in [0.15, 0.2) is 47.4 Å². The van der Waals surface area contributed by atoms with Crippen molar-refractivity contribution in [2.75, 3.05) is 10.0 Å². The lowest BCUT2D eigenvalue weighted by atomic mass is 10.1. The molecule has 7 heteroatoms. The third kappa shape index (κ3) is 3.07. The Bertz CT molecular complexity index is 903. The van der Waals surface area contributed by atoms with Gasteiger partial charge in [0.15, 0.2) is 5.60 Å². The van der Waals surface area contributed by atoms with Crippen LogP contribution in [0.5, 0.6) is 5.75 Å². The van der Waals surface area contributed by atoms with E-state index in [2.05, 4.69) is 10.0 Å². The van der Waals surface area contributed by atoms with E-state index in [0.29, 0.717) is 17.1 Å². The fourth-order valence-corrected chi connectivity index (χ4v) is 3.36. The molecule has 1 amide bonds. The molecule has 2 aromatic rings. The van der Waals surface area contributed by atoms with Gasteiger partial charge in [0, 0.05) is 0 Å². The summed E-state index contributed by atoms with van der Waals surface area (Å²) in [6.07, 6.45) is 0. The molecule has 24 heavy (non-hydrogen) atoms. The molecule has 0 aliphatic carbocycles. The number of fused-ring (bicyclic) bond motifs is 1. The van der Waals surface area contributed by atoms with Gasteiger partial charge in [0.1, 0.15) is 5.75 Å². The minimum atomic E-state index is -3.70. The van der Waals surface area contributed by atoms with Crippen LogP contribution in [0.1, 0.15) is 19.4 Å². The maximum Gasteiger partial charge on any atom is 0.268 e. The summed E-state index contributed by atoms with van der Waals surface area (Å²) in [7, 11) is -3.70.